The third-order valence-corrected chi connectivity index (χ3v) is 1.90. The van der Waals surface area contributed by atoms with Gasteiger partial charge in [0.1, 0.15) is 16.9 Å². The second-order valence-corrected chi connectivity index (χ2v) is 2.86. The molecule has 62 valence electrons. The highest BCUT2D eigenvalue weighted by atomic mass is 35.5. The van der Waals surface area contributed by atoms with Crippen LogP contribution in [0.15, 0.2) is 24.4 Å². The van der Waals surface area contributed by atoms with Crippen LogP contribution in [0.4, 0.5) is 0 Å². The molecule has 2 heterocycles. The molecule has 0 amide bonds. The Morgan fingerprint density at radius 1 is 1.31 bits per heavy atom. The number of pyridine rings is 2. The lowest BCUT2D eigenvalue weighted by Crippen LogP contribution is -1.86. The maximum Gasteiger partial charge on any atom is 0.149 e. The van der Waals surface area contributed by atoms with Crippen LogP contribution in [-0.2, 0) is 0 Å². The van der Waals surface area contributed by atoms with Crippen molar-refractivity contribution in [3.63, 3.8) is 0 Å². The molecule has 13 heavy (non-hydrogen) atoms. The molecule has 0 aliphatic heterocycles. The predicted molar refractivity (Wildman–Crippen MR) is 49.3 cm³/mol. The highest BCUT2D eigenvalue weighted by molar-refractivity contribution is 6.29. The maximum atomic E-state index is 8.73. The lowest BCUT2D eigenvalue weighted by molar-refractivity contribution is 1.27. The van der Waals surface area contributed by atoms with Crippen molar-refractivity contribution < 1.29 is 0 Å². The van der Waals surface area contributed by atoms with E-state index in [4.69, 9.17) is 16.9 Å². The number of hydrogen-bond acceptors (Lipinski definition) is 3. The number of fused-ring (bicyclic) bond motifs is 1. The van der Waals surface area contributed by atoms with Crippen LogP contribution in [0.25, 0.3) is 10.9 Å². The fourth-order valence-corrected chi connectivity index (χ4v) is 1.27. The van der Waals surface area contributed by atoms with E-state index in [9.17, 15) is 0 Å². The lowest BCUT2D eigenvalue weighted by atomic mass is 10.2. The van der Waals surface area contributed by atoms with Crippen molar-refractivity contribution >= 4 is 22.5 Å². The van der Waals surface area contributed by atoms with Crippen LogP contribution in [0.3, 0.4) is 0 Å². The minimum atomic E-state index is 0.377. The van der Waals surface area contributed by atoms with Crippen molar-refractivity contribution in [2.45, 2.75) is 0 Å². The van der Waals surface area contributed by atoms with Gasteiger partial charge in [0.15, 0.2) is 0 Å². The van der Waals surface area contributed by atoms with Gasteiger partial charge in [-0.3, -0.25) is 0 Å². The summed E-state index contributed by atoms with van der Waals surface area (Å²) in [6.07, 6.45) is 1.55. The maximum absolute atomic E-state index is 8.73. The van der Waals surface area contributed by atoms with Crippen molar-refractivity contribution in [2.75, 3.05) is 0 Å². The summed E-state index contributed by atoms with van der Waals surface area (Å²) in [6.45, 7) is 0. The van der Waals surface area contributed by atoms with Crippen LogP contribution in [0.5, 0.6) is 0 Å². The van der Waals surface area contributed by atoms with Gasteiger partial charge in [0.2, 0.25) is 0 Å². The van der Waals surface area contributed by atoms with E-state index in [-0.39, 0.29) is 0 Å². The third-order valence-electron chi connectivity index (χ3n) is 1.69. The summed E-state index contributed by atoms with van der Waals surface area (Å²) in [5.41, 5.74) is 1.07. The largest absolute Gasteiger partial charge is 0.245 e. The van der Waals surface area contributed by atoms with E-state index >= 15 is 0 Å². The summed E-state index contributed by atoms with van der Waals surface area (Å²) < 4.78 is 0. The Morgan fingerprint density at radius 2 is 2.15 bits per heavy atom. The first-order valence-corrected chi connectivity index (χ1v) is 4.00. The average molecular weight is 190 g/mol. The molecule has 0 saturated carbocycles. The highest BCUT2D eigenvalue weighted by Gasteiger charge is 2.01. The van der Waals surface area contributed by atoms with E-state index in [1.807, 2.05) is 6.07 Å². The zero-order valence-corrected chi connectivity index (χ0v) is 7.28. The summed E-state index contributed by atoms with van der Waals surface area (Å²) in [5.74, 6) is 0. The number of nitrogens with zero attached hydrogens (tertiary/aromatic N) is 3. The molecule has 0 saturated heterocycles. The van der Waals surface area contributed by atoms with Gasteiger partial charge in [-0.05, 0) is 18.2 Å². The fourth-order valence-electron chi connectivity index (χ4n) is 1.12. The molecule has 2 rings (SSSR count). The molecular formula is C9H4ClN3. The topological polar surface area (TPSA) is 49.6 Å². The zero-order valence-electron chi connectivity index (χ0n) is 6.53. The van der Waals surface area contributed by atoms with E-state index in [0.29, 0.717) is 16.4 Å². The van der Waals surface area contributed by atoms with Gasteiger partial charge < -0.3 is 0 Å². The van der Waals surface area contributed by atoms with Gasteiger partial charge in [0.25, 0.3) is 0 Å². The van der Waals surface area contributed by atoms with Crippen LogP contribution >= 0.6 is 11.6 Å². The second-order valence-electron chi connectivity index (χ2n) is 2.47. The Kier molecular flexibility index (Phi) is 1.84. The first-order valence-electron chi connectivity index (χ1n) is 3.62. The molecule has 0 atom stereocenters. The Bertz CT molecular complexity index is 502. The molecule has 0 aliphatic carbocycles. The fraction of sp³-hybridized carbons (Fsp3) is 0. The summed E-state index contributed by atoms with van der Waals surface area (Å²) in [5, 5.41) is 9.88. The molecule has 0 N–H and O–H groups in total. The normalized spacial score (nSPS) is 9.85. The Hall–Kier alpha value is -1.66. The van der Waals surface area contributed by atoms with Crippen LogP contribution in [-0.4, -0.2) is 9.97 Å². The van der Waals surface area contributed by atoms with Gasteiger partial charge in [-0.15, -0.1) is 0 Å². The molecule has 0 aliphatic rings. The lowest BCUT2D eigenvalue weighted by Gasteiger charge is -1.97. The first-order chi connectivity index (χ1) is 6.31. The van der Waals surface area contributed by atoms with E-state index in [0.717, 1.165) is 5.39 Å². The van der Waals surface area contributed by atoms with Gasteiger partial charge in [0.05, 0.1) is 5.52 Å². The second kappa shape index (κ2) is 3.00. The van der Waals surface area contributed by atoms with Gasteiger partial charge in [0, 0.05) is 11.6 Å². The molecule has 3 nitrogen and oxygen atoms in total. The van der Waals surface area contributed by atoms with Crippen LogP contribution in [0, 0.1) is 11.3 Å². The van der Waals surface area contributed by atoms with Crippen molar-refractivity contribution in [3.05, 3.63) is 35.2 Å². The minimum absolute atomic E-state index is 0.377. The molecule has 0 fully saturated rings. The summed E-state index contributed by atoms with van der Waals surface area (Å²) in [4.78, 5) is 7.97. The summed E-state index contributed by atoms with van der Waals surface area (Å²) in [6, 6.07) is 7.11. The molecule has 0 aromatic carbocycles. The van der Waals surface area contributed by atoms with Crippen molar-refractivity contribution in [1.82, 2.24) is 9.97 Å². The predicted octanol–water partition coefficient (Wildman–Crippen LogP) is 2.15. The standard InChI is InChI=1S/C9H4ClN3/c10-9-2-1-6-7(13-9)3-4-12-8(6)5-11/h1-4H. The van der Waals surface area contributed by atoms with Crippen molar-refractivity contribution in [3.8, 4) is 6.07 Å². The third kappa shape index (κ3) is 1.32. The number of hydrogen-bond donors (Lipinski definition) is 0. The molecule has 0 spiro atoms. The number of aromatic nitrogens is 2. The highest BCUT2D eigenvalue weighted by Crippen LogP contribution is 2.16. The van der Waals surface area contributed by atoms with Crippen LogP contribution < -0.4 is 0 Å². The van der Waals surface area contributed by atoms with E-state index in [1.54, 1.807) is 24.4 Å². The first kappa shape index (κ1) is 7.96. The quantitative estimate of drug-likeness (QED) is 0.597. The molecular weight excluding hydrogens is 186 g/mol. The Balaban J connectivity index is 2.87. The van der Waals surface area contributed by atoms with Gasteiger partial charge in [-0.1, -0.05) is 11.6 Å². The van der Waals surface area contributed by atoms with E-state index in [1.165, 1.54) is 0 Å². The smallest absolute Gasteiger partial charge is 0.149 e. The van der Waals surface area contributed by atoms with Crippen molar-refractivity contribution in [1.29, 1.82) is 5.26 Å². The molecule has 2 aromatic heterocycles. The van der Waals surface area contributed by atoms with Gasteiger partial charge in [-0.25, -0.2) is 9.97 Å². The minimum Gasteiger partial charge on any atom is -0.245 e. The Morgan fingerprint density at radius 3 is 2.92 bits per heavy atom. The van der Waals surface area contributed by atoms with Crippen LogP contribution in [0.1, 0.15) is 5.69 Å². The molecule has 0 bridgehead atoms. The number of halogens is 1. The number of rotatable bonds is 0. The summed E-state index contributed by atoms with van der Waals surface area (Å²) >= 11 is 5.70. The zero-order chi connectivity index (χ0) is 9.26. The molecule has 0 radical (unpaired) electrons. The monoisotopic (exact) mass is 189 g/mol. The molecule has 0 unspecified atom stereocenters. The van der Waals surface area contributed by atoms with E-state index < -0.39 is 0 Å². The number of nitriles is 1. The van der Waals surface area contributed by atoms with Gasteiger partial charge in [-0.2, -0.15) is 5.26 Å². The molecule has 4 heteroatoms. The Labute approximate surface area is 79.6 Å². The van der Waals surface area contributed by atoms with Gasteiger partial charge >= 0.3 is 0 Å². The van der Waals surface area contributed by atoms with E-state index in [2.05, 4.69) is 9.97 Å². The summed E-state index contributed by atoms with van der Waals surface area (Å²) in [7, 11) is 0. The molecule has 2 aromatic rings. The SMILES string of the molecule is N#Cc1nccc2nc(Cl)ccc12. The average Bonchev–Trinajstić information content (AvgIpc) is 2.16. The van der Waals surface area contributed by atoms with Crippen molar-refractivity contribution in [2.24, 2.45) is 0 Å². The van der Waals surface area contributed by atoms with Crippen LogP contribution in [0.2, 0.25) is 5.15 Å².